The number of amides is 4. The lowest BCUT2D eigenvalue weighted by Gasteiger charge is -2.47. The van der Waals surface area contributed by atoms with Crippen LogP contribution in [0.25, 0.3) is 11.0 Å². The maximum Gasteiger partial charge on any atom is 0.329 e. The number of imidazole rings is 1. The number of piperazine rings is 1. The molecule has 2 spiro atoms. The Morgan fingerprint density at radius 1 is 0.917 bits per heavy atom. The minimum absolute atomic E-state index is 0.0682. The summed E-state index contributed by atoms with van der Waals surface area (Å²) < 4.78 is 24.8. The van der Waals surface area contributed by atoms with Gasteiger partial charge in [-0.1, -0.05) is 66.7 Å². The average molecular weight is 1030 g/mol. The number of hydrogen-bond donors (Lipinski definition) is 5. The SMILES string of the molecule is Cn1c(=O)n(C2CCC(=O)NC2=O)c2ccc(CCOC(=O)CN3CCN(CC4CCC(NC(=O)[C@@H]5NC6(CCCCC6)[C@@]6(C(=O)Nc7cc(Cl)ccc76)[C@H]5c5cccc(Cl)c5F)CC4)[C@H](C(=O)O)C3)cc21. The lowest BCUT2D eigenvalue weighted by molar-refractivity contribution is -0.151. The van der Waals surface area contributed by atoms with Gasteiger partial charge in [0.1, 0.15) is 23.3 Å². The number of imide groups is 1. The Morgan fingerprint density at radius 2 is 1.69 bits per heavy atom. The van der Waals surface area contributed by atoms with E-state index in [9.17, 15) is 38.7 Å². The zero-order valence-corrected chi connectivity index (χ0v) is 41.5. The van der Waals surface area contributed by atoms with Crippen molar-refractivity contribution in [2.24, 2.45) is 13.0 Å². The number of aryl methyl sites for hydroxylation is 1. The number of esters is 1. The second-order valence-electron chi connectivity index (χ2n) is 20.6. The number of rotatable bonds is 12. The van der Waals surface area contributed by atoms with Crippen molar-refractivity contribution in [2.75, 3.05) is 44.6 Å². The summed E-state index contributed by atoms with van der Waals surface area (Å²) in [5.41, 5.74) is 0.861. The van der Waals surface area contributed by atoms with E-state index in [-0.39, 0.29) is 78.5 Å². The fourth-order valence-corrected chi connectivity index (χ4v) is 13.5. The molecule has 4 aliphatic heterocycles. The summed E-state index contributed by atoms with van der Waals surface area (Å²) >= 11 is 12.9. The number of ether oxygens (including phenoxy) is 1. The lowest BCUT2D eigenvalue weighted by atomic mass is 9.55. The molecule has 2 saturated carbocycles. The monoisotopic (exact) mass is 1030 g/mol. The molecular weight excluding hydrogens is 971 g/mol. The zero-order valence-electron chi connectivity index (χ0n) is 40.0. The van der Waals surface area contributed by atoms with Crippen LogP contribution in [-0.2, 0) is 52.4 Å². The van der Waals surface area contributed by atoms with Gasteiger partial charge in [-0.15, -0.1) is 0 Å². The summed E-state index contributed by atoms with van der Waals surface area (Å²) in [6, 6.07) is 12.6. The number of piperidine rings is 1. The van der Waals surface area contributed by atoms with Crippen LogP contribution in [0.5, 0.6) is 0 Å². The van der Waals surface area contributed by atoms with E-state index in [1.54, 1.807) is 48.3 Å². The van der Waals surface area contributed by atoms with Crippen molar-refractivity contribution < 1.29 is 43.0 Å². The molecule has 5 N–H and O–H groups in total. The van der Waals surface area contributed by atoms with Gasteiger partial charge in [-0.05, 0) is 97.9 Å². The van der Waals surface area contributed by atoms with Gasteiger partial charge < -0.3 is 20.5 Å². The predicted molar refractivity (Wildman–Crippen MR) is 265 cm³/mol. The zero-order chi connectivity index (χ0) is 50.6. The summed E-state index contributed by atoms with van der Waals surface area (Å²) in [6.07, 6.45) is 7.40. The van der Waals surface area contributed by atoms with E-state index in [0.29, 0.717) is 79.0 Å². The Kier molecular flexibility index (Phi) is 13.8. The first kappa shape index (κ1) is 49.9. The van der Waals surface area contributed by atoms with E-state index in [1.807, 2.05) is 17.0 Å². The van der Waals surface area contributed by atoms with Crippen LogP contribution in [0.2, 0.25) is 10.0 Å². The van der Waals surface area contributed by atoms with Gasteiger partial charge in [0.2, 0.25) is 23.6 Å². The summed E-state index contributed by atoms with van der Waals surface area (Å²) in [7, 11) is 1.61. The number of carboxylic acids is 1. The van der Waals surface area contributed by atoms with E-state index >= 15 is 4.39 Å². The first-order chi connectivity index (χ1) is 34.6. The quantitative estimate of drug-likeness (QED) is 0.0944. The van der Waals surface area contributed by atoms with Gasteiger partial charge in [0.05, 0.1) is 35.2 Å². The van der Waals surface area contributed by atoms with Gasteiger partial charge in [0.25, 0.3) is 0 Å². The highest BCUT2D eigenvalue weighted by atomic mass is 35.5. The molecule has 10 rings (SSSR count). The lowest BCUT2D eigenvalue weighted by Crippen LogP contribution is -2.60. The van der Waals surface area contributed by atoms with E-state index in [1.165, 1.54) is 15.2 Å². The van der Waals surface area contributed by atoms with E-state index in [4.69, 9.17) is 27.9 Å². The molecular formula is C52H59Cl2FN8O9. The third kappa shape index (κ3) is 8.90. The molecule has 17 nitrogen and oxygen atoms in total. The van der Waals surface area contributed by atoms with Crippen molar-refractivity contribution in [2.45, 2.75) is 118 Å². The number of carbonyl (C=O) groups excluding carboxylic acids is 5. The minimum Gasteiger partial charge on any atom is -0.480 e. The molecule has 2 aliphatic carbocycles. The molecule has 4 aromatic rings. The molecule has 5 fully saturated rings. The molecule has 5 heterocycles. The van der Waals surface area contributed by atoms with Crippen molar-refractivity contribution in [1.29, 1.82) is 0 Å². The summed E-state index contributed by atoms with van der Waals surface area (Å²) in [5, 5.41) is 23.1. The molecule has 382 valence electrons. The smallest absolute Gasteiger partial charge is 0.329 e. The Hall–Kier alpha value is -5.66. The van der Waals surface area contributed by atoms with Crippen molar-refractivity contribution in [3.63, 3.8) is 0 Å². The minimum atomic E-state index is -1.33. The first-order valence-electron chi connectivity index (χ1n) is 25.1. The van der Waals surface area contributed by atoms with Gasteiger partial charge in [-0.3, -0.25) is 58.3 Å². The van der Waals surface area contributed by atoms with Crippen LogP contribution in [-0.4, -0.2) is 123 Å². The molecule has 1 aromatic heterocycles. The highest BCUT2D eigenvalue weighted by Gasteiger charge is 2.72. The standard InChI is InChI=1S/C52H59Cl2FN8O9/c1-60-39-24-29(10-15-37(39)63(50(60)71)38-16-17-41(64)58-46(38)66)18-23-72-42(65)28-61-21-22-62(40(27-61)48(68)69)26-30-8-12-32(13-9-30)56-47(67)45-43(33-6-5-7-35(54)44(33)55)52(51(59-45)19-3-2-4-20-51)34-14-11-31(53)25-36(34)57-49(52)70/h5-7,10-11,14-15,24-25,30,32,38,40,43,45,59H,2-4,8-9,12-13,16-23,26-28H2,1H3,(H,56,67)(H,57,70)(H,68,69)(H,58,64,66)/t30?,32?,38?,40-,43-,45+,52+/m0/s1. The Morgan fingerprint density at radius 3 is 2.44 bits per heavy atom. The molecule has 5 atom stereocenters. The molecule has 0 radical (unpaired) electrons. The number of fused-ring (bicyclic) bond motifs is 4. The van der Waals surface area contributed by atoms with Crippen LogP contribution >= 0.6 is 23.2 Å². The molecule has 6 aliphatic rings. The molecule has 20 heteroatoms. The van der Waals surface area contributed by atoms with Crippen molar-refractivity contribution in [3.05, 3.63) is 97.6 Å². The number of anilines is 1. The number of benzene rings is 3. The number of nitrogens with zero attached hydrogens (tertiary/aromatic N) is 4. The highest BCUT2D eigenvalue weighted by Crippen LogP contribution is 2.63. The van der Waals surface area contributed by atoms with Crippen LogP contribution in [0.3, 0.4) is 0 Å². The maximum absolute atomic E-state index is 16.4. The van der Waals surface area contributed by atoms with Gasteiger partial charge in [-0.2, -0.15) is 0 Å². The Labute approximate surface area is 425 Å². The Balaban J connectivity index is 0.740. The van der Waals surface area contributed by atoms with Crippen LogP contribution in [0, 0.1) is 11.7 Å². The highest BCUT2D eigenvalue weighted by molar-refractivity contribution is 6.31. The molecule has 0 bridgehead atoms. The summed E-state index contributed by atoms with van der Waals surface area (Å²) in [5.74, 6) is -4.36. The van der Waals surface area contributed by atoms with Crippen LogP contribution < -0.4 is 27.0 Å². The number of halogens is 3. The topological polar surface area (TPSA) is 213 Å². The van der Waals surface area contributed by atoms with Gasteiger partial charge in [0.15, 0.2) is 0 Å². The second-order valence-corrected chi connectivity index (χ2v) is 21.5. The number of aromatic nitrogens is 2. The van der Waals surface area contributed by atoms with Crippen LogP contribution in [0.1, 0.15) is 99.3 Å². The van der Waals surface area contributed by atoms with Crippen LogP contribution in [0.15, 0.2) is 59.4 Å². The normalized spacial score (nSPS) is 27.5. The summed E-state index contributed by atoms with van der Waals surface area (Å²) in [6.45, 7) is 1.61. The third-order valence-electron chi connectivity index (χ3n) is 16.5. The fraction of sp³-hybridized carbons (Fsp3) is 0.519. The van der Waals surface area contributed by atoms with Gasteiger partial charge in [0, 0.05) is 74.3 Å². The molecule has 72 heavy (non-hydrogen) atoms. The molecule has 1 unspecified atom stereocenters. The Bertz CT molecular complexity index is 2910. The van der Waals surface area contributed by atoms with E-state index in [2.05, 4.69) is 21.3 Å². The van der Waals surface area contributed by atoms with Crippen molar-refractivity contribution >= 4 is 75.5 Å². The largest absolute Gasteiger partial charge is 0.480 e. The molecule has 4 amide bonds. The number of aliphatic carboxylic acids is 1. The van der Waals surface area contributed by atoms with Crippen LogP contribution in [0.4, 0.5) is 10.1 Å². The third-order valence-corrected chi connectivity index (χ3v) is 17.1. The number of nitrogens with one attached hydrogen (secondary N) is 4. The van der Waals surface area contributed by atoms with Gasteiger partial charge >= 0.3 is 17.6 Å². The number of carbonyl (C=O) groups is 6. The van der Waals surface area contributed by atoms with E-state index < -0.39 is 58.7 Å². The van der Waals surface area contributed by atoms with Crippen molar-refractivity contribution in [3.8, 4) is 0 Å². The second kappa shape index (κ2) is 20.0. The predicted octanol–water partition coefficient (Wildman–Crippen LogP) is 4.94. The number of hydrogen-bond acceptors (Lipinski definition) is 11. The molecule has 3 saturated heterocycles. The summed E-state index contributed by atoms with van der Waals surface area (Å²) in [4.78, 5) is 96.4. The van der Waals surface area contributed by atoms with Crippen molar-refractivity contribution in [1.82, 2.24) is 34.9 Å². The molecule has 3 aromatic carbocycles. The first-order valence-corrected chi connectivity index (χ1v) is 25.9. The fourth-order valence-electron chi connectivity index (χ4n) is 13.1. The van der Waals surface area contributed by atoms with Gasteiger partial charge in [-0.25, -0.2) is 9.18 Å². The number of carboxylic acid groups (broad SMARTS) is 1. The van der Waals surface area contributed by atoms with E-state index in [0.717, 1.165) is 37.7 Å². The average Bonchev–Trinajstić information content (AvgIpc) is 3.90. The maximum atomic E-state index is 16.4.